The number of methoxy groups -OCH3 is 1. The predicted molar refractivity (Wildman–Crippen MR) is 189 cm³/mol. The van der Waals surface area contributed by atoms with Crippen LogP contribution >= 0.6 is 0 Å². The van der Waals surface area contributed by atoms with E-state index in [1.807, 2.05) is 91.0 Å². The topological polar surface area (TPSA) is 107 Å². The van der Waals surface area contributed by atoms with Gasteiger partial charge in [-0.15, -0.1) is 0 Å². The highest BCUT2D eigenvalue weighted by Gasteiger charge is 2.41. The molecule has 4 aromatic carbocycles. The quantitative estimate of drug-likeness (QED) is 0.164. The Bertz CT molecular complexity index is 2040. The molecule has 0 saturated heterocycles. The van der Waals surface area contributed by atoms with E-state index < -0.39 is 21.5 Å². The number of aromatic nitrogens is 2. The lowest BCUT2D eigenvalue weighted by Gasteiger charge is -2.33. The van der Waals surface area contributed by atoms with Gasteiger partial charge >= 0.3 is 6.03 Å². The van der Waals surface area contributed by atoms with Crippen LogP contribution in [-0.4, -0.2) is 39.8 Å². The molecule has 0 bridgehead atoms. The normalized spacial score (nSPS) is 18.7. The average molecular weight is 674 g/mol. The van der Waals surface area contributed by atoms with Gasteiger partial charge in [0.1, 0.15) is 16.5 Å². The van der Waals surface area contributed by atoms with E-state index in [-0.39, 0.29) is 11.0 Å². The molecule has 1 aromatic heterocycles. The fourth-order valence-corrected chi connectivity index (χ4v) is 9.57. The van der Waals surface area contributed by atoms with E-state index in [0.29, 0.717) is 24.9 Å². The zero-order chi connectivity index (χ0) is 33.6. The van der Waals surface area contributed by atoms with Crippen LogP contribution in [0.5, 0.6) is 5.88 Å². The Hall–Kier alpha value is -4.93. The summed E-state index contributed by atoms with van der Waals surface area (Å²) in [6.07, 6.45) is 5.11. The molecule has 0 spiro atoms. The van der Waals surface area contributed by atoms with Gasteiger partial charge in [-0.3, -0.25) is 0 Å². The number of rotatable bonds is 9. The Morgan fingerprint density at radius 3 is 2.20 bits per heavy atom. The van der Waals surface area contributed by atoms with Crippen LogP contribution in [0.4, 0.5) is 10.5 Å². The van der Waals surface area contributed by atoms with Crippen molar-refractivity contribution in [3.05, 3.63) is 142 Å². The van der Waals surface area contributed by atoms with E-state index in [1.165, 1.54) is 28.5 Å². The van der Waals surface area contributed by atoms with Crippen LogP contribution in [0.3, 0.4) is 0 Å². The van der Waals surface area contributed by atoms with Gasteiger partial charge in [0.2, 0.25) is 5.88 Å². The van der Waals surface area contributed by atoms with Crippen LogP contribution in [0.15, 0.2) is 113 Å². The maximum absolute atomic E-state index is 16.0. The first kappa shape index (κ1) is 31.3. The number of amides is 2. The van der Waals surface area contributed by atoms with Crippen molar-refractivity contribution in [2.45, 2.75) is 61.6 Å². The van der Waals surface area contributed by atoms with E-state index >= 15 is 4.21 Å². The summed E-state index contributed by atoms with van der Waals surface area (Å²) in [6, 6.07) is 31.1. The maximum atomic E-state index is 16.0. The maximum Gasteiger partial charge on any atom is 0.331 e. The van der Waals surface area contributed by atoms with Gasteiger partial charge in [-0.05, 0) is 70.5 Å². The number of fused-ring (bicyclic) bond motifs is 3. The lowest BCUT2D eigenvalue weighted by Crippen LogP contribution is -2.38. The monoisotopic (exact) mass is 673 g/mol. The highest BCUT2D eigenvalue weighted by atomic mass is 32.2. The summed E-state index contributed by atoms with van der Waals surface area (Å²) in [5.74, 6) is 0.634. The number of hydrogen-bond acceptors (Lipinski definition) is 6. The Morgan fingerprint density at radius 1 is 0.980 bits per heavy atom. The van der Waals surface area contributed by atoms with Gasteiger partial charge in [0, 0.05) is 12.8 Å². The molecule has 1 unspecified atom stereocenters. The minimum absolute atomic E-state index is 0.202. The second-order valence-electron chi connectivity index (χ2n) is 13.1. The summed E-state index contributed by atoms with van der Waals surface area (Å²) in [5.41, 5.74) is 6.84. The van der Waals surface area contributed by atoms with Gasteiger partial charge in [0.05, 0.1) is 19.3 Å². The van der Waals surface area contributed by atoms with Crippen molar-refractivity contribution in [2.24, 2.45) is 4.36 Å². The highest BCUT2D eigenvalue weighted by Crippen LogP contribution is 2.46. The molecule has 2 amide bonds. The number of nitrogens with zero attached hydrogens (tertiary/aromatic N) is 3. The number of ether oxygens (including phenoxy) is 2. The van der Waals surface area contributed by atoms with Crippen molar-refractivity contribution in [1.29, 1.82) is 0 Å². The van der Waals surface area contributed by atoms with Crippen LogP contribution < -0.4 is 14.8 Å². The van der Waals surface area contributed by atoms with Gasteiger partial charge in [0.15, 0.2) is 9.92 Å². The number of nitrogens with one attached hydrogen (secondary N) is 2. The summed E-state index contributed by atoms with van der Waals surface area (Å²) < 4.78 is 37.5. The molecule has 10 heteroatoms. The minimum atomic E-state index is -3.83. The Balaban J connectivity index is 1.33. The largest absolute Gasteiger partial charge is 0.469 e. The Kier molecular flexibility index (Phi) is 8.00. The lowest BCUT2D eigenvalue weighted by molar-refractivity contribution is 0.0920. The predicted octanol–water partition coefficient (Wildman–Crippen LogP) is 6.99. The molecule has 2 heterocycles. The van der Waals surface area contributed by atoms with Gasteiger partial charge in [-0.25, -0.2) is 18.4 Å². The zero-order valence-corrected chi connectivity index (χ0v) is 28.4. The molecule has 9 nitrogen and oxygen atoms in total. The summed E-state index contributed by atoms with van der Waals surface area (Å²) >= 11 is 0. The van der Waals surface area contributed by atoms with Crippen LogP contribution in [0.2, 0.25) is 0 Å². The fraction of sp³-hybridized carbons (Fsp3) is 0.282. The smallest absolute Gasteiger partial charge is 0.331 e. The molecule has 49 heavy (non-hydrogen) atoms. The van der Waals surface area contributed by atoms with Crippen molar-refractivity contribution in [3.8, 4) is 5.88 Å². The van der Waals surface area contributed by atoms with E-state index in [9.17, 15) is 4.79 Å². The van der Waals surface area contributed by atoms with Crippen LogP contribution in [0, 0.1) is 0 Å². The molecule has 0 radical (unpaired) electrons. The number of urea groups is 1. The van der Waals surface area contributed by atoms with Gasteiger partial charge < -0.3 is 14.8 Å². The fourth-order valence-electron chi connectivity index (χ4n) is 7.74. The molecule has 5 aromatic rings. The molecule has 0 saturated carbocycles. The van der Waals surface area contributed by atoms with Crippen LogP contribution in [-0.2, 0) is 46.0 Å². The molecule has 1 aliphatic heterocycles. The third-order valence-corrected chi connectivity index (χ3v) is 11.8. The van der Waals surface area contributed by atoms with Crippen molar-refractivity contribution in [3.63, 3.8) is 0 Å². The van der Waals surface area contributed by atoms with Gasteiger partial charge in [-0.2, -0.15) is 9.46 Å². The second kappa shape index (κ2) is 12.5. The molecule has 2 N–H and O–H groups in total. The number of carbonyl (C=O) groups is 1. The van der Waals surface area contributed by atoms with Crippen molar-refractivity contribution in [1.82, 2.24) is 14.5 Å². The first-order valence-corrected chi connectivity index (χ1v) is 18.3. The van der Waals surface area contributed by atoms with E-state index in [4.69, 9.17) is 13.8 Å². The van der Waals surface area contributed by atoms with Crippen molar-refractivity contribution >= 4 is 21.6 Å². The molecule has 0 fully saturated rings. The van der Waals surface area contributed by atoms with Gasteiger partial charge in [0.25, 0.3) is 0 Å². The second-order valence-corrected chi connectivity index (χ2v) is 15.0. The SMILES string of the molecule is COC[C@@H]1Cn2ncc(S(=O)(=NC(c3ccccc3)(c3ccccc3)c3ccccc3)NC(=O)Nc3c4c(cc5c3[C@@H](C)C5)CCC4)c2O1. The summed E-state index contributed by atoms with van der Waals surface area (Å²) in [7, 11) is -2.22. The zero-order valence-electron chi connectivity index (χ0n) is 27.6. The van der Waals surface area contributed by atoms with Crippen LogP contribution in [0.1, 0.15) is 58.2 Å². The average Bonchev–Trinajstić information content (AvgIpc) is 3.85. The number of benzene rings is 4. The summed E-state index contributed by atoms with van der Waals surface area (Å²) in [5, 5.41) is 7.73. The summed E-state index contributed by atoms with van der Waals surface area (Å²) in [6.45, 7) is 2.94. The number of hydrogen-bond donors (Lipinski definition) is 2. The third-order valence-electron chi connectivity index (χ3n) is 9.92. The minimum Gasteiger partial charge on any atom is -0.469 e. The van der Waals surface area contributed by atoms with Crippen molar-refractivity contribution in [2.75, 3.05) is 19.0 Å². The molecular weight excluding hydrogens is 635 g/mol. The first-order valence-electron chi connectivity index (χ1n) is 16.8. The van der Waals surface area contributed by atoms with E-state index in [1.54, 1.807) is 11.8 Å². The van der Waals surface area contributed by atoms with E-state index in [0.717, 1.165) is 48.1 Å². The standard InChI is InChI=1S/C39H39N5O4S/c1-26-21-28-22-27-13-12-20-33(27)36(35(26)28)41-38(45)42-49(46,34-23-40-44-24-32(25-47-2)48-37(34)44)43-39(29-14-6-3-7-15-29,30-16-8-4-9-17-30)31-18-10-5-11-19-31/h3-11,14-19,22-23,26,32H,12-13,20-21,24-25H2,1-2H3,(H2,41,42,43,45,46)/t26-,32-,49?/m0/s1. The van der Waals surface area contributed by atoms with Crippen molar-refractivity contribution < 1.29 is 18.5 Å². The molecular formula is C39H39N5O4S. The number of anilines is 1. The number of carbonyl (C=O) groups excluding carboxylic acids is 1. The molecule has 8 rings (SSSR count). The van der Waals surface area contributed by atoms with E-state index in [2.05, 4.69) is 28.1 Å². The van der Waals surface area contributed by atoms with Gasteiger partial charge in [-0.1, -0.05) is 104 Å². The highest BCUT2D eigenvalue weighted by molar-refractivity contribution is 7.92. The first-order chi connectivity index (χ1) is 23.9. The van der Waals surface area contributed by atoms with Crippen LogP contribution in [0.25, 0.3) is 0 Å². The Morgan fingerprint density at radius 2 is 1.61 bits per heavy atom. The number of aryl methyl sites for hydroxylation is 1. The molecule has 3 aliphatic rings. The Labute approximate surface area is 287 Å². The summed E-state index contributed by atoms with van der Waals surface area (Å²) in [4.78, 5) is 14.5. The third kappa shape index (κ3) is 5.39. The lowest BCUT2D eigenvalue weighted by atomic mass is 9.75. The molecule has 3 atom stereocenters. The molecule has 2 aliphatic carbocycles. The molecule has 250 valence electrons.